The van der Waals surface area contributed by atoms with Crippen molar-refractivity contribution in [1.29, 1.82) is 0 Å². The fourth-order valence-electron chi connectivity index (χ4n) is 1.57. The number of ether oxygens (including phenoxy) is 1. The maximum Gasteiger partial charge on any atom is 0.265 e. The van der Waals surface area contributed by atoms with Crippen LogP contribution in [0.5, 0.6) is 5.75 Å². The van der Waals surface area contributed by atoms with Gasteiger partial charge >= 0.3 is 0 Å². The number of benzene rings is 2. The molecule has 0 unspecified atom stereocenters. The van der Waals surface area contributed by atoms with Crippen molar-refractivity contribution < 1.29 is 13.9 Å². The second kappa shape index (κ2) is 6.49. The number of rotatable bonds is 4. The number of nitrogen functional groups attached to an aromatic ring is 1. The molecule has 104 valence electrons. The molecule has 0 aliphatic rings. The average molecular weight is 339 g/mol. The Bertz CT molecular complexity index is 617. The Hall–Kier alpha value is -1.92. The van der Waals surface area contributed by atoms with E-state index in [9.17, 15) is 9.18 Å². The van der Waals surface area contributed by atoms with Crippen LogP contribution in [0.4, 0.5) is 4.39 Å². The van der Waals surface area contributed by atoms with Crippen LogP contribution in [0.3, 0.4) is 0 Å². The summed E-state index contributed by atoms with van der Waals surface area (Å²) in [6.07, 6.45) is 0. The van der Waals surface area contributed by atoms with Gasteiger partial charge in [-0.05, 0) is 51.8 Å². The molecule has 0 aliphatic carbocycles. The zero-order valence-electron chi connectivity index (χ0n) is 10.4. The molecule has 0 radical (unpaired) electrons. The van der Waals surface area contributed by atoms with Crippen molar-refractivity contribution in [3.05, 3.63) is 63.9 Å². The lowest BCUT2D eigenvalue weighted by Gasteiger charge is -2.07. The van der Waals surface area contributed by atoms with Crippen LogP contribution in [0.2, 0.25) is 0 Å². The molecular weight excluding hydrogens is 327 g/mol. The Morgan fingerprint density at radius 3 is 2.55 bits per heavy atom. The highest BCUT2D eigenvalue weighted by atomic mass is 79.9. The van der Waals surface area contributed by atoms with E-state index >= 15 is 0 Å². The highest BCUT2D eigenvalue weighted by Crippen LogP contribution is 2.22. The first-order chi connectivity index (χ1) is 9.60. The van der Waals surface area contributed by atoms with Crippen molar-refractivity contribution >= 4 is 21.8 Å². The van der Waals surface area contributed by atoms with Crippen molar-refractivity contribution in [2.24, 2.45) is 5.84 Å². The normalized spacial score (nSPS) is 10.2. The minimum Gasteiger partial charge on any atom is -0.489 e. The van der Waals surface area contributed by atoms with Crippen LogP contribution in [-0.4, -0.2) is 5.91 Å². The highest BCUT2D eigenvalue weighted by molar-refractivity contribution is 9.10. The molecular formula is C14H12BrFN2O2. The second-order valence-corrected chi connectivity index (χ2v) is 4.89. The molecule has 0 aliphatic heterocycles. The number of halogens is 2. The van der Waals surface area contributed by atoms with Gasteiger partial charge in [0.05, 0.1) is 4.47 Å². The van der Waals surface area contributed by atoms with E-state index < -0.39 is 0 Å². The van der Waals surface area contributed by atoms with E-state index in [4.69, 9.17) is 10.6 Å². The number of hydrogen-bond acceptors (Lipinski definition) is 3. The van der Waals surface area contributed by atoms with Gasteiger partial charge in [0, 0.05) is 5.56 Å². The van der Waals surface area contributed by atoms with Crippen LogP contribution < -0.4 is 16.0 Å². The van der Waals surface area contributed by atoms with Crippen LogP contribution >= 0.6 is 15.9 Å². The molecule has 20 heavy (non-hydrogen) atoms. The zero-order chi connectivity index (χ0) is 14.5. The van der Waals surface area contributed by atoms with Crippen molar-refractivity contribution in [3.63, 3.8) is 0 Å². The van der Waals surface area contributed by atoms with Gasteiger partial charge in [-0.15, -0.1) is 0 Å². The maximum atomic E-state index is 13.1. The molecule has 0 atom stereocenters. The van der Waals surface area contributed by atoms with E-state index in [1.807, 2.05) is 0 Å². The summed E-state index contributed by atoms with van der Waals surface area (Å²) in [4.78, 5) is 11.3. The zero-order valence-corrected chi connectivity index (χ0v) is 12.0. The van der Waals surface area contributed by atoms with Crippen LogP contribution in [0.25, 0.3) is 0 Å². The fraction of sp³-hybridized carbons (Fsp3) is 0.0714. The fourth-order valence-corrected chi connectivity index (χ4v) is 1.93. The van der Waals surface area contributed by atoms with E-state index in [2.05, 4.69) is 21.4 Å². The Labute approximate surface area is 123 Å². The summed E-state index contributed by atoms with van der Waals surface area (Å²) in [5.41, 5.74) is 3.42. The third-order valence-electron chi connectivity index (χ3n) is 2.64. The predicted octanol–water partition coefficient (Wildman–Crippen LogP) is 2.77. The van der Waals surface area contributed by atoms with E-state index in [0.717, 1.165) is 5.56 Å². The molecule has 2 rings (SSSR count). The van der Waals surface area contributed by atoms with Crippen molar-refractivity contribution in [3.8, 4) is 5.75 Å². The van der Waals surface area contributed by atoms with E-state index in [-0.39, 0.29) is 11.7 Å². The Kier molecular flexibility index (Phi) is 4.70. The number of carbonyl (C=O) groups excluding carboxylic acids is 1. The second-order valence-electron chi connectivity index (χ2n) is 4.03. The lowest BCUT2D eigenvalue weighted by atomic mass is 10.1. The Balaban J connectivity index is 2.00. The molecule has 0 heterocycles. The molecule has 6 heteroatoms. The number of nitrogens with two attached hydrogens (primary N) is 1. The molecule has 3 N–H and O–H groups in total. The minimum absolute atomic E-state index is 0.322. The number of nitrogens with one attached hydrogen (secondary N) is 1. The van der Waals surface area contributed by atoms with Gasteiger partial charge in [-0.1, -0.05) is 12.1 Å². The number of hydrazine groups is 1. The summed E-state index contributed by atoms with van der Waals surface area (Å²) in [6.45, 7) is 0.322. The maximum absolute atomic E-state index is 13.1. The Morgan fingerprint density at radius 1 is 1.25 bits per heavy atom. The largest absolute Gasteiger partial charge is 0.489 e. The molecule has 4 nitrogen and oxygen atoms in total. The van der Waals surface area contributed by atoms with Crippen LogP contribution in [0.15, 0.2) is 46.9 Å². The minimum atomic E-state index is -0.347. The summed E-state index contributed by atoms with van der Waals surface area (Å²) >= 11 is 3.09. The third kappa shape index (κ3) is 3.55. The summed E-state index contributed by atoms with van der Waals surface area (Å²) in [5.74, 6) is 4.92. The number of amides is 1. The number of carbonyl (C=O) groups is 1. The van der Waals surface area contributed by atoms with Crippen molar-refractivity contribution in [2.45, 2.75) is 6.61 Å². The smallest absolute Gasteiger partial charge is 0.265 e. The first-order valence-electron chi connectivity index (χ1n) is 5.78. The number of hydrogen-bond donors (Lipinski definition) is 2. The van der Waals surface area contributed by atoms with E-state index in [1.165, 1.54) is 6.07 Å². The van der Waals surface area contributed by atoms with Gasteiger partial charge in [-0.2, -0.15) is 0 Å². The van der Waals surface area contributed by atoms with Gasteiger partial charge in [0.25, 0.3) is 5.91 Å². The van der Waals surface area contributed by atoms with Crippen LogP contribution in [0, 0.1) is 5.82 Å². The third-order valence-corrected chi connectivity index (χ3v) is 3.25. The van der Waals surface area contributed by atoms with Gasteiger partial charge in [-0.25, -0.2) is 10.2 Å². The quantitative estimate of drug-likeness (QED) is 0.511. The lowest BCUT2D eigenvalue weighted by Crippen LogP contribution is -2.29. The molecule has 2 aromatic carbocycles. The first-order valence-corrected chi connectivity index (χ1v) is 6.57. The van der Waals surface area contributed by atoms with Gasteiger partial charge in [0.2, 0.25) is 0 Å². The van der Waals surface area contributed by atoms with E-state index in [1.54, 1.807) is 36.4 Å². The standard InChI is InChI=1S/C14H12BrFN2O2/c15-12-7-11(5-6-13(12)16)20-8-9-1-3-10(4-2-9)14(19)18-17/h1-7H,8,17H2,(H,18,19). The Morgan fingerprint density at radius 2 is 1.95 bits per heavy atom. The molecule has 0 saturated heterocycles. The van der Waals surface area contributed by atoms with Gasteiger partial charge in [0.1, 0.15) is 18.2 Å². The van der Waals surface area contributed by atoms with Gasteiger partial charge in [0.15, 0.2) is 0 Å². The molecule has 1 amide bonds. The van der Waals surface area contributed by atoms with E-state index in [0.29, 0.717) is 22.4 Å². The lowest BCUT2D eigenvalue weighted by molar-refractivity contribution is 0.0953. The molecule has 0 fully saturated rings. The van der Waals surface area contributed by atoms with Gasteiger partial charge in [-0.3, -0.25) is 10.2 Å². The topological polar surface area (TPSA) is 64.3 Å². The van der Waals surface area contributed by atoms with Gasteiger partial charge < -0.3 is 4.74 Å². The molecule has 2 aromatic rings. The van der Waals surface area contributed by atoms with Crippen molar-refractivity contribution in [1.82, 2.24) is 5.43 Å². The van der Waals surface area contributed by atoms with Crippen LogP contribution in [0.1, 0.15) is 15.9 Å². The highest BCUT2D eigenvalue weighted by Gasteiger charge is 2.04. The van der Waals surface area contributed by atoms with Crippen LogP contribution in [-0.2, 0) is 6.61 Å². The summed E-state index contributed by atoms with van der Waals surface area (Å²) < 4.78 is 18.9. The monoisotopic (exact) mass is 338 g/mol. The summed E-state index contributed by atoms with van der Waals surface area (Å²) in [6, 6.07) is 11.3. The molecule has 0 spiro atoms. The average Bonchev–Trinajstić information content (AvgIpc) is 2.48. The molecule has 0 saturated carbocycles. The summed E-state index contributed by atoms with van der Waals surface area (Å²) in [5, 5.41) is 0. The predicted molar refractivity (Wildman–Crippen MR) is 76.5 cm³/mol. The SMILES string of the molecule is NNC(=O)c1ccc(COc2ccc(F)c(Br)c2)cc1. The van der Waals surface area contributed by atoms with Crippen molar-refractivity contribution in [2.75, 3.05) is 0 Å². The molecule has 0 aromatic heterocycles. The summed E-state index contributed by atoms with van der Waals surface area (Å²) in [7, 11) is 0. The first kappa shape index (κ1) is 14.5. The molecule has 0 bridgehead atoms.